The topological polar surface area (TPSA) is 81.1 Å². The fraction of sp³-hybridized carbons (Fsp3) is 0.148. The molecule has 0 saturated heterocycles. The van der Waals surface area contributed by atoms with Crippen LogP contribution in [0.5, 0.6) is 5.75 Å². The monoisotopic (exact) mass is 485 g/mol. The van der Waals surface area contributed by atoms with Gasteiger partial charge in [0.1, 0.15) is 24.7 Å². The molecule has 7 nitrogen and oxygen atoms in total. The fourth-order valence-electron chi connectivity index (χ4n) is 4.02. The van der Waals surface area contributed by atoms with Gasteiger partial charge < -0.3 is 15.4 Å². The third-order valence-electron chi connectivity index (χ3n) is 5.86. The Hall–Kier alpha value is -4.10. The number of hydrogen-bond acceptors (Lipinski definition) is 5. The van der Waals surface area contributed by atoms with Crippen molar-refractivity contribution in [3.63, 3.8) is 0 Å². The maximum absolute atomic E-state index is 13.4. The van der Waals surface area contributed by atoms with Gasteiger partial charge in [-0.15, -0.1) is 0 Å². The molecular formula is C27H24ClN5O2. The molecule has 176 valence electrons. The Kier molecular flexibility index (Phi) is 6.25. The minimum atomic E-state index is -0.452. The van der Waals surface area contributed by atoms with Crippen LogP contribution in [-0.2, 0) is 11.4 Å². The molecule has 0 bridgehead atoms. The van der Waals surface area contributed by atoms with Crippen LogP contribution in [0.3, 0.4) is 0 Å². The molecular weight excluding hydrogens is 462 g/mol. The van der Waals surface area contributed by atoms with E-state index in [9.17, 15) is 4.79 Å². The van der Waals surface area contributed by atoms with Crippen LogP contribution in [0.25, 0.3) is 0 Å². The second kappa shape index (κ2) is 9.64. The molecule has 1 aliphatic rings. The number of halogens is 1. The van der Waals surface area contributed by atoms with Gasteiger partial charge in [-0.1, -0.05) is 53.6 Å². The van der Waals surface area contributed by atoms with Crippen LogP contribution >= 0.6 is 11.6 Å². The van der Waals surface area contributed by atoms with Gasteiger partial charge >= 0.3 is 0 Å². The highest BCUT2D eigenvalue weighted by Crippen LogP contribution is 2.36. The number of ether oxygens (including phenoxy) is 1. The van der Waals surface area contributed by atoms with E-state index < -0.39 is 6.04 Å². The first kappa shape index (κ1) is 22.7. The molecule has 1 amide bonds. The van der Waals surface area contributed by atoms with Crippen molar-refractivity contribution < 1.29 is 9.53 Å². The van der Waals surface area contributed by atoms with E-state index in [4.69, 9.17) is 16.3 Å². The average molecular weight is 486 g/mol. The number of amides is 1. The normalized spacial score (nSPS) is 14.8. The Bertz CT molecular complexity index is 1380. The summed E-state index contributed by atoms with van der Waals surface area (Å²) in [5.74, 6) is 1.09. The van der Waals surface area contributed by atoms with Crippen LogP contribution < -0.4 is 15.4 Å². The number of rotatable bonds is 6. The molecule has 0 radical (unpaired) electrons. The highest BCUT2D eigenvalue weighted by atomic mass is 35.5. The number of carbonyl (C=O) groups is 1. The number of allylic oxidation sites excluding steroid dienone is 1. The number of carbonyl (C=O) groups excluding carboxylic acids is 1. The Morgan fingerprint density at radius 1 is 1.03 bits per heavy atom. The van der Waals surface area contributed by atoms with Gasteiger partial charge in [-0.3, -0.25) is 4.79 Å². The van der Waals surface area contributed by atoms with Crippen LogP contribution in [-0.4, -0.2) is 20.7 Å². The van der Waals surface area contributed by atoms with E-state index in [-0.39, 0.29) is 5.91 Å². The SMILES string of the molecule is CC1=C(C(=O)Nc2ccc(Cl)cc2)C(c2ccc(OCc3ccc(C)cc3)cc2)n2ncnc2N1. The van der Waals surface area contributed by atoms with E-state index in [0.717, 1.165) is 16.9 Å². The maximum atomic E-state index is 13.4. The average Bonchev–Trinajstić information content (AvgIpc) is 3.32. The lowest BCUT2D eigenvalue weighted by Gasteiger charge is -2.28. The molecule has 1 atom stereocenters. The van der Waals surface area contributed by atoms with Crippen LogP contribution in [0.4, 0.5) is 11.6 Å². The Labute approximate surface area is 208 Å². The molecule has 0 fully saturated rings. The molecule has 5 rings (SSSR count). The molecule has 0 spiro atoms. The smallest absolute Gasteiger partial charge is 0.255 e. The van der Waals surface area contributed by atoms with Crippen molar-refractivity contribution in [1.82, 2.24) is 14.8 Å². The number of aryl methyl sites for hydroxylation is 1. The fourth-order valence-corrected chi connectivity index (χ4v) is 4.15. The third kappa shape index (κ3) is 4.90. The van der Waals surface area contributed by atoms with Crippen LogP contribution in [0, 0.1) is 6.92 Å². The predicted molar refractivity (Wildman–Crippen MR) is 137 cm³/mol. The number of aromatic nitrogens is 3. The van der Waals surface area contributed by atoms with Gasteiger partial charge in [0.2, 0.25) is 5.95 Å². The van der Waals surface area contributed by atoms with E-state index in [2.05, 4.69) is 51.9 Å². The quantitative estimate of drug-likeness (QED) is 0.363. The molecule has 4 aromatic rings. The second-order valence-corrected chi connectivity index (χ2v) is 8.84. The number of hydrogen-bond donors (Lipinski definition) is 2. The van der Waals surface area contributed by atoms with Gasteiger partial charge in [0.25, 0.3) is 5.91 Å². The third-order valence-corrected chi connectivity index (χ3v) is 6.12. The molecule has 3 aromatic carbocycles. The first-order valence-corrected chi connectivity index (χ1v) is 11.6. The first-order valence-electron chi connectivity index (χ1n) is 11.2. The van der Waals surface area contributed by atoms with E-state index in [1.807, 2.05) is 31.2 Å². The number of benzene rings is 3. The Balaban J connectivity index is 1.40. The standard InChI is InChI=1S/C27H24ClN5O2/c1-17-3-5-19(6-4-17)15-35-23-13-7-20(8-14-23)25-24(18(2)31-27-29-16-30-33(25)27)26(34)32-22-11-9-21(28)10-12-22/h3-14,16,25H,15H2,1-2H3,(H,32,34)(H,29,30,31). The molecule has 35 heavy (non-hydrogen) atoms. The van der Waals surface area contributed by atoms with Crippen molar-refractivity contribution in [1.29, 1.82) is 0 Å². The lowest BCUT2D eigenvalue weighted by Crippen LogP contribution is -2.31. The highest BCUT2D eigenvalue weighted by molar-refractivity contribution is 6.30. The van der Waals surface area contributed by atoms with Crippen molar-refractivity contribution in [3.05, 3.63) is 112 Å². The van der Waals surface area contributed by atoms with Crippen molar-refractivity contribution in [2.45, 2.75) is 26.5 Å². The molecule has 1 aliphatic heterocycles. The Morgan fingerprint density at radius 2 is 1.74 bits per heavy atom. The lowest BCUT2D eigenvalue weighted by molar-refractivity contribution is -0.113. The summed E-state index contributed by atoms with van der Waals surface area (Å²) >= 11 is 5.98. The van der Waals surface area contributed by atoms with Crippen molar-refractivity contribution in [3.8, 4) is 5.75 Å². The zero-order chi connectivity index (χ0) is 24.4. The van der Waals surface area contributed by atoms with Gasteiger partial charge in [0.15, 0.2) is 0 Å². The van der Waals surface area contributed by atoms with E-state index >= 15 is 0 Å². The number of anilines is 2. The number of nitrogens with one attached hydrogen (secondary N) is 2. The van der Waals surface area contributed by atoms with Gasteiger partial charge in [-0.05, 0) is 61.4 Å². The molecule has 1 unspecified atom stereocenters. The summed E-state index contributed by atoms with van der Waals surface area (Å²) in [6, 6.07) is 22.5. The molecule has 0 aliphatic carbocycles. The summed E-state index contributed by atoms with van der Waals surface area (Å²) in [6.07, 6.45) is 1.47. The summed E-state index contributed by atoms with van der Waals surface area (Å²) in [6.45, 7) is 4.40. The summed E-state index contributed by atoms with van der Waals surface area (Å²) in [5.41, 5.74) is 5.12. The van der Waals surface area contributed by atoms with Crippen molar-refractivity contribution >= 4 is 29.1 Å². The van der Waals surface area contributed by atoms with Gasteiger partial charge in [-0.2, -0.15) is 10.1 Å². The largest absolute Gasteiger partial charge is 0.489 e. The molecule has 2 N–H and O–H groups in total. The zero-order valence-corrected chi connectivity index (χ0v) is 20.1. The van der Waals surface area contributed by atoms with Gasteiger partial charge in [0.05, 0.1) is 5.57 Å². The van der Waals surface area contributed by atoms with Crippen molar-refractivity contribution in [2.24, 2.45) is 0 Å². The maximum Gasteiger partial charge on any atom is 0.255 e. The van der Waals surface area contributed by atoms with E-state index in [0.29, 0.717) is 34.5 Å². The molecule has 2 heterocycles. The van der Waals surface area contributed by atoms with Gasteiger partial charge in [0, 0.05) is 16.4 Å². The van der Waals surface area contributed by atoms with Gasteiger partial charge in [-0.25, -0.2) is 4.68 Å². The number of fused-ring (bicyclic) bond motifs is 1. The predicted octanol–water partition coefficient (Wildman–Crippen LogP) is 5.75. The minimum absolute atomic E-state index is 0.233. The van der Waals surface area contributed by atoms with E-state index in [1.165, 1.54) is 11.9 Å². The van der Waals surface area contributed by atoms with Crippen LogP contribution in [0.2, 0.25) is 5.02 Å². The second-order valence-electron chi connectivity index (χ2n) is 8.40. The summed E-state index contributed by atoms with van der Waals surface area (Å²) < 4.78 is 7.68. The highest BCUT2D eigenvalue weighted by Gasteiger charge is 2.33. The summed E-state index contributed by atoms with van der Waals surface area (Å²) in [7, 11) is 0. The lowest BCUT2D eigenvalue weighted by atomic mass is 9.95. The minimum Gasteiger partial charge on any atom is -0.489 e. The summed E-state index contributed by atoms with van der Waals surface area (Å²) in [4.78, 5) is 17.7. The van der Waals surface area contributed by atoms with E-state index in [1.54, 1.807) is 28.9 Å². The molecule has 8 heteroatoms. The van der Waals surface area contributed by atoms with Crippen molar-refractivity contribution in [2.75, 3.05) is 10.6 Å². The first-order chi connectivity index (χ1) is 17.0. The van der Waals surface area contributed by atoms with Crippen LogP contribution in [0.1, 0.15) is 29.7 Å². The Morgan fingerprint density at radius 3 is 2.46 bits per heavy atom. The zero-order valence-electron chi connectivity index (χ0n) is 19.3. The molecule has 1 aromatic heterocycles. The molecule has 0 saturated carbocycles. The van der Waals surface area contributed by atoms with Crippen LogP contribution in [0.15, 0.2) is 90.4 Å². The summed E-state index contributed by atoms with van der Waals surface area (Å²) in [5, 5.41) is 11.1. The number of nitrogens with zero attached hydrogens (tertiary/aromatic N) is 3.